The van der Waals surface area contributed by atoms with E-state index < -0.39 is 0 Å². The maximum Gasteiger partial charge on any atom is 0.280 e. The van der Waals surface area contributed by atoms with Crippen molar-refractivity contribution in [2.75, 3.05) is 11.4 Å². The molecule has 2 bridgehead atoms. The molecule has 4 aromatic heterocycles. The third-order valence-electron chi connectivity index (χ3n) is 8.05. The van der Waals surface area contributed by atoms with Crippen LogP contribution < -0.4 is 10.5 Å². The van der Waals surface area contributed by atoms with Gasteiger partial charge in [0.1, 0.15) is 12.9 Å². The van der Waals surface area contributed by atoms with Gasteiger partial charge in [0.15, 0.2) is 17.0 Å². The number of nitrogens with zero attached hydrogens (tertiary/aromatic N) is 9. The molecule has 2 saturated heterocycles. The van der Waals surface area contributed by atoms with E-state index in [1.807, 2.05) is 31.6 Å². The first kappa shape index (κ1) is 20.2. The van der Waals surface area contributed by atoms with Crippen LogP contribution in [0.25, 0.3) is 22.3 Å². The molecule has 9 rings (SSSR count). The Morgan fingerprint density at radius 3 is 2.83 bits per heavy atom. The van der Waals surface area contributed by atoms with Gasteiger partial charge in [-0.05, 0) is 29.7 Å². The number of fused-ring (bicyclic) bond motifs is 2. The molecule has 1 unspecified atom stereocenters. The lowest BCUT2D eigenvalue weighted by Crippen LogP contribution is -2.23. The number of hydrogen-bond acceptors (Lipinski definition) is 8. The highest BCUT2D eigenvalue weighted by atomic mass is 35.5. The van der Waals surface area contributed by atoms with Crippen molar-refractivity contribution in [3.63, 3.8) is 0 Å². The topological polar surface area (TPSA) is 113 Å². The van der Waals surface area contributed by atoms with E-state index in [0.29, 0.717) is 40.0 Å². The molecule has 4 aliphatic rings. The third-order valence-corrected chi connectivity index (χ3v) is 8.27. The Bertz CT molecular complexity index is 1760. The molecule has 2 saturated carbocycles. The SMILES string of the molecule is Cn1cc(-c2cc(Cl)cc(N3C[C@@H]4[C@@H]5C3[C@@]45c3noc(Cn4cnc5ncn(C)c5c4=O)n3)c2)cn1. The van der Waals surface area contributed by atoms with Gasteiger partial charge in [-0.2, -0.15) is 10.1 Å². The van der Waals surface area contributed by atoms with Crippen LogP contribution in [0.15, 0.2) is 52.6 Å². The molecule has 4 atom stereocenters. The standard InChI is InChI=1S/C24H20ClN9O2/c1-31-10-26-21-19(31)22(35)33(11-27-21)9-17-29-23(30-36-17)24-16-8-34(20(24)18(16)24)15-4-12(3-14(25)5-15)13-6-28-32(2)7-13/h3-7,10-11,16,18,20H,8-9H2,1-2H3/t16-,18-,20?,24-/m1/s1. The molecule has 11 nitrogen and oxygen atoms in total. The summed E-state index contributed by atoms with van der Waals surface area (Å²) in [5, 5.41) is 9.32. The van der Waals surface area contributed by atoms with Gasteiger partial charge in [-0.25, -0.2) is 9.97 Å². The van der Waals surface area contributed by atoms with Crippen LogP contribution in [0, 0.1) is 11.8 Å². The number of piperidine rings is 1. The lowest BCUT2D eigenvalue weighted by atomic mass is 10.1. The Morgan fingerprint density at radius 2 is 2.03 bits per heavy atom. The summed E-state index contributed by atoms with van der Waals surface area (Å²) in [4.78, 5) is 28.4. The van der Waals surface area contributed by atoms with E-state index in [4.69, 9.17) is 21.1 Å². The molecule has 2 aliphatic carbocycles. The monoisotopic (exact) mass is 501 g/mol. The van der Waals surface area contributed by atoms with E-state index in [-0.39, 0.29) is 17.5 Å². The number of anilines is 1. The number of benzene rings is 1. The molecule has 4 fully saturated rings. The molecular weight excluding hydrogens is 482 g/mol. The average molecular weight is 502 g/mol. The average Bonchev–Trinajstić information content (AvgIpc) is 3.34. The van der Waals surface area contributed by atoms with E-state index >= 15 is 0 Å². The number of aryl methyl sites for hydroxylation is 2. The predicted molar refractivity (Wildman–Crippen MR) is 130 cm³/mol. The van der Waals surface area contributed by atoms with E-state index in [1.165, 1.54) is 10.9 Å². The van der Waals surface area contributed by atoms with Gasteiger partial charge in [0.25, 0.3) is 5.56 Å². The van der Waals surface area contributed by atoms with E-state index in [9.17, 15) is 4.79 Å². The second-order valence-electron chi connectivity index (χ2n) is 9.98. The second-order valence-corrected chi connectivity index (χ2v) is 10.4. The fraction of sp³-hybridized carbons (Fsp3) is 0.333. The minimum absolute atomic E-state index is 0.0618. The largest absolute Gasteiger partial charge is 0.367 e. The molecule has 5 aromatic rings. The highest BCUT2D eigenvalue weighted by molar-refractivity contribution is 6.31. The molecule has 2 aliphatic heterocycles. The second kappa shape index (κ2) is 6.61. The normalized spacial score (nSPS) is 25.5. The summed E-state index contributed by atoms with van der Waals surface area (Å²) in [5.41, 5.74) is 3.80. The molecule has 0 spiro atoms. The van der Waals surface area contributed by atoms with Gasteiger partial charge in [-0.15, -0.1) is 0 Å². The number of imidazole rings is 1. The van der Waals surface area contributed by atoms with Crippen molar-refractivity contribution in [3.8, 4) is 11.1 Å². The molecule has 0 N–H and O–H groups in total. The maximum atomic E-state index is 12.9. The molecule has 0 amide bonds. The lowest BCUT2D eigenvalue weighted by Gasteiger charge is -2.20. The minimum Gasteiger partial charge on any atom is -0.367 e. The fourth-order valence-electron chi connectivity index (χ4n) is 6.31. The Morgan fingerprint density at radius 1 is 1.17 bits per heavy atom. The van der Waals surface area contributed by atoms with Gasteiger partial charge < -0.3 is 14.0 Å². The van der Waals surface area contributed by atoms with Crippen molar-refractivity contribution in [2.24, 2.45) is 25.9 Å². The molecule has 0 radical (unpaired) electrons. The molecule has 36 heavy (non-hydrogen) atoms. The van der Waals surface area contributed by atoms with Crippen LogP contribution in [0.4, 0.5) is 5.69 Å². The smallest absolute Gasteiger partial charge is 0.280 e. The first-order chi connectivity index (χ1) is 17.4. The summed E-state index contributed by atoms with van der Waals surface area (Å²) in [5.74, 6) is 2.16. The Balaban J connectivity index is 1.06. The van der Waals surface area contributed by atoms with Gasteiger partial charge in [-0.3, -0.25) is 14.0 Å². The van der Waals surface area contributed by atoms with Crippen molar-refractivity contribution in [2.45, 2.75) is 18.0 Å². The van der Waals surface area contributed by atoms with Crippen LogP contribution in [0.1, 0.15) is 11.7 Å². The number of halogens is 1. The molecular formula is C24H20ClN9O2. The van der Waals surface area contributed by atoms with E-state index in [0.717, 1.165) is 29.2 Å². The van der Waals surface area contributed by atoms with Crippen molar-refractivity contribution in [1.82, 2.24) is 39.0 Å². The van der Waals surface area contributed by atoms with Crippen LogP contribution in [0.5, 0.6) is 0 Å². The van der Waals surface area contributed by atoms with Crippen LogP contribution in [-0.2, 0) is 26.1 Å². The van der Waals surface area contributed by atoms with E-state index in [2.05, 4.69) is 31.2 Å². The third kappa shape index (κ3) is 2.53. The summed E-state index contributed by atoms with van der Waals surface area (Å²) < 4.78 is 10.5. The molecule has 12 heteroatoms. The summed E-state index contributed by atoms with van der Waals surface area (Å²) >= 11 is 6.50. The van der Waals surface area contributed by atoms with Crippen LogP contribution in [-0.4, -0.2) is 51.6 Å². The van der Waals surface area contributed by atoms with Gasteiger partial charge >= 0.3 is 0 Å². The van der Waals surface area contributed by atoms with Gasteiger partial charge in [0.2, 0.25) is 5.89 Å². The predicted octanol–water partition coefficient (Wildman–Crippen LogP) is 2.00. The van der Waals surface area contributed by atoms with Gasteiger partial charge in [0, 0.05) is 55.1 Å². The van der Waals surface area contributed by atoms with Crippen molar-refractivity contribution in [3.05, 3.63) is 70.3 Å². The van der Waals surface area contributed by atoms with Crippen molar-refractivity contribution < 1.29 is 4.52 Å². The molecule has 6 heterocycles. The molecule has 180 valence electrons. The Hall–Kier alpha value is -3.99. The summed E-state index contributed by atoms with van der Waals surface area (Å²) in [6.07, 6.45) is 6.88. The first-order valence-electron chi connectivity index (χ1n) is 11.7. The van der Waals surface area contributed by atoms with Crippen molar-refractivity contribution >= 4 is 28.5 Å². The highest BCUT2D eigenvalue weighted by Crippen LogP contribution is 2.85. The zero-order chi connectivity index (χ0) is 24.3. The van der Waals surface area contributed by atoms with Crippen molar-refractivity contribution in [1.29, 1.82) is 0 Å². The van der Waals surface area contributed by atoms with Crippen LogP contribution in [0.2, 0.25) is 5.02 Å². The molecule has 1 aromatic carbocycles. The summed E-state index contributed by atoms with van der Waals surface area (Å²) in [6.45, 7) is 1.11. The van der Waals surface area contributed by atoms with Crippen LogP contribution in [0.3, 0.4) is 0 Å². The summed E-state index contributed by atoms with van der Waals surface area (Å²) in [6, 6.07) is 6.50. The fourth-order valence-corrected chi connectivity index (χ4v) is 6.53. The summed E-state index contributed by atoms with van der Waals surface area (Å²) in [7, 11) is 3.68. The zero-order valence-corrected chi connectivity index (χ0v) is 20.2. The number of aromatic nitrogens is 8. The quantitative estimate of drug-likeness (QED) is 0.359. The van der Waals surface area contributed by atoms with Crippen LogP contribution >= 0.6 is 11.6 Å². The zero-order valence-electron chi connectivity index (χ0n) is 19.4. The Kier molecular flexibility index (Phi) is 3.71. The minimum atomic E-state index is -0.190. The first-order valence-corrected chi connectivity index (χ1v) is 12.1. The lowest BCUT2D eigenvalue weighted by molar-refractivity contribution is 0.362. The number of hydrogen-bond donors (Lipinski definition) is 0. The van der Waals surface area contributed by atoms with Gasteiger partial charge in [-0.1, -0.05) is 16.8 Å². The number of rotatable bonds is 5. The maximum absolute atomic E-state index is 12.9. The Labute approximate surface area is 208 Å². The highest BCUT2D eigenvalue weighted by Gasteiger charge is 2.95. The van der Waals surface area contributed by atoms with Gasteiger partial charge in [0.05, 0.1) is 17.9 Å². The van der Waals surface area contributed by atoms with E-state index in [1.54, 1.807) is 22.6 Å².